The molecule has 182 valence electrons. The summed E-state index contributed by atoms with van der Waals surface area (Å²) in [6.45, 7) is 7.44. The van der Waals surface area contributed by atoms with E-state index in [0.29, 0.717) is 22.8 Å². The van der Waals surface area contributed by atoms with Crippen molar-refractivity contribution in [1.82, 2.24) is 4.90 Å². The first kappa shape index (κ1) is 24.4. The molecule has 0 saturated carbocycles. The molecule has 3 aromatic rings. The molecule has 0 spiro atoms. The highest BCUT2D eigenvalue weighted by Gasteiger charge is 2.30. The standard InChI is InChI=1S/C29H33N3O3/c1-5-16-32(6-2)19-20-12-14-22(15-13-20)30-28(21-10-8-7-9-11-21)27-23-17-25(34-3)26(35-4)18-24(23)31-29(27)33/h7-15,17-18,30H,5-6,16,19H2,1-4H3,(H,31,33). The van der Waals surface area contributed by atoms with Crippen LogP contribution in [0.5, 0.6) is 11.5 Å². The summed E-state index contributed by atoms with van der Waals surface area (Å²) in [5.41, 5.74) is 5.88. The van der Waals surface area contributed by atoms with Gasteiger partial charge in [0.1, 0.15) is 0 Å². The highest BCUT2D eigenvalue weighted by atomic mass is 16.5. The molecule has 0 radical (unpaired) electrons. The van der Waals surface area contributed by atoms with Crippen LogP contribution in [-0.4, -0.2) is 38.1 Å². The number of hydrogen-bond donors (Lipinski definition) is 2. The Balaban J connectivity index is 1.73. The zero-order valence-electron chi connectivity index (χ0n) is 20.9. The van der Waals surface area contributed by atoms with Crippen molar-refractivity contribution < 1.29 is 14.3 Å². The Morgan fingerprint density at radius 1 is 0.943 bits per heavy atom. The molecule has 0 aromatic heterocycles. The zero-order chi connectivity index (χ0) is 24.8. The Morgan fingerprint density at radius 3 is 2.26 bits per heavy atom. The minimum absolute atomic E-state index is 0.170. The molecule has 1 aliphatic heterocycles. The SMILES string of the molecule is CCCN(CC)Cc1ccc(NC(=C2C(=O)Nc3cc(OC)c(OC)cc32)c2ccccc2)cc1. The fraction of sp³-hybridized carbons (Fsp3) is 0.276. The Bertz CT molecular complexity index is 1200. The molecule has 0 aliphatic carbocycles. The average Bonchev–Trinajstić information content (AvgIpc) is 3.21. The molecule has 3 aromatic carbocycles. The molecular weight excluding hydrogens is 438 g/mol. The van der Waals surface area contributed by atoms with Crippen molar-refractivity contribution in [2.45, 2.75) is 26.8 Å². The van der Waals surface area contributed by atoms with E-state index in [1.807, 2.05) is 36.4 Å². The van der Waals surface area contributed by atoms with E-state index >= 15 is 0 Å². The van der Waals surface area contributed by atoms with Crippen LogP contribution < -0.4 is 20.1 Å². The molecule has 0 fully saturated rings. The lowest BCUT2D eigenvalue weighted by Crippen LogP contribution is -2.23. The van der Waals surface area contributed by atoms with Gasteiger partial charge in [0.15, 0.2) is 11.5 Å². The molecular formula is C29H33N3O3. The topological polar surface area (TPSA) is 62.8 Å². The minimum atomic E-state index is -0.170. The number of ether oxygens (including phenoxy) is 2. The maximum absolute atomic E-state index is 13.2. The van der Waals surface area contributed by atoms with Crippen molar-refractivity contribution in [2.24, 2.45) is 0 Å². The largest absolute Gasteiger partial charge is 0.493 e. The quantitative estimate of drug-likeness (QED) is 0.362. The Hall–Kier alpha value is -3.77. The van der Waals surface area contributed by atoms with E-state index in [0.717, 1.165) is 48.6 Å². The summed E-state index contributed by atoms with van der Waals surface area (Å²) in [7, 11) is 3.18. The van der Waals surface area contributed by atoms with Gasteiger partial charge in [0, 0.05) is 23.9 Å². The number of nitrogens with zero attached hydrogens (tertiary/aromatic N) is 1. The Morgan fingerprint density at radius 2 is 1.63 bits per heavy atom. The minimum Gasteiger partial charge on any atom is -0.493 e. The Labute approximate surface area is 207 Å². The molecule has 0 saturated heterocycles. The maximum Gasteiger partial charge on any atom is 0.258 e. The van der Waals surface area contributed by atoms with Gasteiger partial charge in [-0.15, -0.1) is 0 Å². The summed E-state index contributed by atoms with van der Waals surface area (Å²) in [5, 5.41) is 6.51. The molecule has 0 unspecified atom stereocenters. The van der Waals surface area contributed by atoms with Crippen molar-refractivity contribution in [2.75, 3.05) is 37.9 Å². The summed E-state index contributed by atoms with van der Waals surface area (Å²) in [4.78, 5) is 15.6. The van der Waals surface area contributed by atoms with E-state index in [1.165, 1.54) is 5.56 Å². The summed E-state index contributed by atoms with van der Waals surface area (Å²) in [6.07, 6.45) is 1.14. The molecule has 1 amide bonds. The summed E-state index contributed by atoms with van der Waals surface area (Å²) in [5.74, 6) is 0.975. The number of carbonyl (C=O) groups excluding carboxylic acids is 1. The van der Waals surface area contributed by atoms with E-state index in [9.17, 15) is 4.79 Å². The van der Waals surface area contributed by atoms with Crippen molar-refractivity contribution >= 4 is 28.6 Å². The predicted octanol–water partition coefficient (Wildman–Crippen LogP) is 5.87. The lowest BCUT2D eigenvalue weighted by atomic mass is 9.99. The fourth-order valence-electron chi connectivity index (χ4n) is 4.39. The van der Waals surface area contributed by atoms with Gasteiger partial charge in [0.05, 0.1) is 31.2 Å². The van der Waals surface area contributed by atoms with Crippen LogP contribution in [0.15, 0.2) is 66.7 Å². The van der Waals surface area contributed by atoms with Crippen LogP contribution in [0.3, 0.4) is 0 Å². The van der Waals surface area contributed by atoms with Gasteiger partial charge < -0.3 is 20.1 Å². The number of hydrogen-bond acceptors (Lipinski definition) is 5. The Kier molecular flexibility index (Phi) is 7.73. The molecule has 6 heteroatoms. The van der Waals surface area contributed by atoms with Crippen molar-refractivity contribution in [3.05, 3.63) is 83.4 Å². The second-order valence-electron chi connectivity index (χ2n) is 8.51. The first-order valence-electron chi connectivity index (χ1n) is 12.0. The van der Waals surface area contributed by atoms with Gasteiger partial charge in [0.2, 0.25) is 0 Å². The van der Waals surface area contributed by atoms with Crippen molar-refractivity contribution in [1.29, 1.82) is 0 Å². The number of anilines is 2. The molecule has 35 heavy (non-hydrogen) atoms. The fourth-order valence-corrected chi connectivity index (χ4v) is 4.39. The van der Waals surface area contributed by atoms with Crippen LogP contribution >= 0.6 is 0 Å². The summed E-state index contributed by atoms with van der Waals surface area (Å²) < 4.78 is 10.9. The van der Waals surface area contributed by atoms with Crippen LogP contribution in [0.4, 0.5) is 11.4 Å². The van der Waals surface area contributed by atoms with E-state index in [-0.39, 0.29) is 5.91 Å². The van der Waals surface area contributed by atoms with E-state index in [1.54, 1.807) is 20.3 Å². The number of fused-ring (bicyclic) bond motifs is 1. The highest BCUT2D eigenvalue weighted by Crippen LogP contribution is 2.43. The van der Waals surface area contributed by atoms with E-state index < -0.39 is 0 Å². The van der Waals surface area contributed by atoms with Crippen LogP contribution in [-0.2, 0) is 11.3 Å². The predicted molar refractivity (Wildman–Crippen MR) is 143 cm³/mol. The van der Waals surface area contributed by atoms with Gasteiger partial charge >= 0.3 is 0 Å². The van der Waals surface area contributed by atoms with Crippen LogP contribution in [0, 0.1) is 0 Å². The maximum atomic E-state index is 13.2. The third kappa shape index (κ3) is 5.33. The van der Waals surface area contributed by atoms with E-state index in [2.05, 4.69) is 53.6 Å². The second-order valence-corrected chi connectivity index (χ2v) is 8.51. The summed E-state index contributed by atoms with van der Waals surface area (Å²) >= 11 is 0. The number of benzene rings is 3. The van der Waals surface area contributed by atoms with Gasteiger partial charge in [-0.05, 0) is 48.8 Å². The van der Waals surface area contributed by atoms with Crippen LogP contribution in [0.2, 0.25) is 0 Å². The van der Waals surface area contributed by atoms with Gasteiger partial charge in [0.25, 0.3) is 5.91 Å². The molecule has 1 heterocycles. The molecule has 2 N–H and O–H groups in total. The molecule has 6 nitrogen and oxygen atoms in total. The molecule has 0 bridgehead atoms. The lowest BCUT2D eigenvalue weighted by molar-refractivity contribution is -0.110. The number of nitrogens with one attached hydrogen (secondary N) is 2. The van der Waals surface area contributed by atoms with Gasteiger partial charge in [-0.25, -0.2) is 0 Å². The highest BCUT2D eigenvalue weighted by molar-refractivity contribution is 6.37. The normalized spacial score (nSPS) is 13.9. The number of amides is 1. The lowest BCUT2D eigenvalue weighted by Gasteiger charge is -2.20. The zero-order valence-corrected chi connectivity index (χ0v) is 20.9. The molecule has 4 rings (SSSR count). The second kappa shape index (κ2) is 11.1. The van der Waals surface area contributed by atoms with Gasteiger partial charge in [-0.1, -0.05) is 56.3 Å². The first-order valence-corrected chi connectivity index (χ1v) is 12.0. The monoisotopic (exact) mass is 471 g/mol. The summed E-state index contributed by atoms with van der Waals surface area (Å²) in [6, 6.07) is 22.0. The molecule has 0 atom stereocenters. The average molecular weight is 472 g/mol. The van der Waals surface area contributed by atoms with Crippen LogP contribution in [0.25, 0.3) is 11.3 Å². The molecule has 1 aliphatic rings. The van der Waals surface area contributed by atoms with Crippen molar-refractivity contribution in [3.8, 4) is 11.5 Å². The third-order valence-corrected chi connectivity index (χ3v) is 6.20. The number of carbonyl (C=O) groups is 1. The van der Waals surface area contributed by atoms with Crippen molar-refractivity contribution in [3.63, 3.8) is 0 Å². The van der Waals surface area contributed by atoms with Gasteiger partial charge in [-0.3, -0.25) is 9.69 Å². The van der Waals surface area contributed by atoms with Crippen LogP contribution in [0.1, 0.15) is 37.0 Å². The number of methoxy groups -OCH3 is 2. The first-order chi connectivity index (χ1) is 17.1. The van der Waals surface area contributed by atoms with E-state index in [4.69, 9.17) is 9.47 Å². The number of rotatable bonds is 10. The van der Waals surface area contributed by atoms with Gasteiger partial charge in [-0.2, -0.15) is 0 Å². The smallest absolute Gasteiger partial charge is 0.258 e. The third-order valence-electron chi connectivity index (χ3n) is 6.20.